The van der Waals surface area contributed by atoms with Gasteiger partial charge in [0.25, 0.3) is 0 Å². The molecule has 4 nitrogen and oxygen atoms in total. The number of carbonyl (C=O) groups is 1. The SMILES string of the molecule is CC(C(=O)N1CCN(c2cc(F)ccc2F)CC1)C(N)c1ccccc1. The van der Waals surface area contributed by atoms with Crippen molar-refractivity contribution in [1.29, 1.82) is 0 Å². The molecule has 2 aromatic rings. The van der Waals surface area contributed by atoms with Crippen molar-refractivity contribution in [2.24, 2.45) is 11.7 Å². The van der Waals surface area contributed by atoms with Crippen LogP contribution in [-0.4, -0.2) is 37.0 Å². The predicted octanol–water partition coefficient (Wildman–Crippen LogP) is 2.95. The number of nitrogens with two attached hydrogens (primary N) is 1. The monoisotopic (exact) mass is 359 g/mol. The molecule has 26 heavy (non-hydrogen) atoms. The quantitative estimate of drug-likeness (QED) is 0.913. The Kier molecular flexibility index (Phi) is 5.52. The number of benzene rings is 2. The minimum Gasteiger partial charge on any atom is -0.366 e. The summed E-state index contributed by atoms with van der Waals surface area (Å²) in [5.41, 5.74) is 7.42. The zero-order valence-electron chi connectivity index (χ0n) is 14.7. The summed E-state index contributed by atoms with van der Waals surface area (Å²) in [6, 6.07) is 12.6. The first-order valence-corrected chi connectivity index (χ1v) is 8.76. The molecule has 0 saturated carbocycles. The Balaban J connectivity index is 1.62. The van der Waals surface area contributed by atoms with Gasteiger partial charge in [0.15, 0.2) is 0 Å². The van der Waals surface area contributed by atoms with Gasteiger partial charge in [0.1, 0.15) is 11.6 Å². The summed E-state index contributed by atoms with van der Waals surface area (Å²) in [6.45, 7) is 3.67. The Labute approximate surface area is 152 Å². The molecule has 0 spiro atoms. The third kappa shape index (κ3) is 3.85. The second-order valence-electron chi connectivity index (χ2n) is 6.63. The predicted molar refractivity (Wildman–Crippen MR) is 97.7 cm³/mol. The van der Waals surface area contributed by atoms with Crippen LogP contribution in [0.1, 0.15) is 18.5 Å². The molecule has 1 aliphatic heterocycles. The summed E-state index contributed by atoms with van der Waals surface area (Å²) in [6.07, 6.45) is 0. The van der Waals surface area contributed by atoms with Crippen LogP contribution in [0, 0.1) is 17.6 Å². The molecule has 138 valence electrons. The molecule has 1 amide bonds. The smallest absolute Gasteiger partial charge is 0.227 e. The van der Waals surface area contributed by atoms with Gasteiger partial charge in [0.2, 0.25) is 5.91 Å². The van der Waals surface area contributed by atoms with Gasteiger partial charge in [-0.1, -0.05) is 37.3 Å². The first-order valence-electron chi connectivity index (χ1n) is 8.76. The molecule has 0 radical (unpaired) electrons. The van der Waals surface area contributed by atoms with E-state index in [2.05, 4.69) is 0 Å². The van der Waals surface area contributed by atoms with E-state index in [1.807, 2.05) is 37.3 Å². The van der Waals surface area contributed by atoms with Crippen LogP contribution < -0.4 is 10.6 Å². The van der Waals surface area contributed by atoms with E-state index >= 15 is 0 Å². The Morgan fingerprint density at radius 2 is 1.69 bits per heavy atom. The first kappa shape index (κ1) is 18.3. The lowest BCUT2D eigenvalue weighted by Gasteiger charge is -2.38. The van der Waals surface area contributed by atoms with Crippen molar-refractivity contribution < 1.29 is 13.6 Å². The topological polar surface area (TPSA) is 49.6 Å². The molecule has 1 heterocycles. The summed E-state index contributed by atoms with van der Waals surface area (Å²) in [7, 11) is 0. The molecule has 1 saturated heterocycles. The largest absolute Gasteiger partial charge is 0.366 e. The van der Waals surface area contributed by atoms with E-state index in [9.17, 15) is 13.6 Å². The van der Waals surface area contributed by atoms with Gasteiger partial charge in [0.05, 0.1) is 11.6 Å². The zero-order chi connectivity index (χ0) is 18.7. The molecule has 2 aromatic carbocycles. The van der Waals surface area contributed by atoms with Crippen molar-refractivity contribution >= 4 is 11.6 Å². The highest BCUT2D eigenvalue weighted by atomic mass is 19.1. The van der Waals surface area contributed by atoms with Gasteiger partial charge in [-0.25, -0.2) is 8.78 Å². The van der Waals surface area contributed by atoms with E-state index in [0.717, 1.165) is 17.7 Å². The van der Waals surface area contributed by atoms with Crippen molar-refractivity contribution in [2.45, 2.75) is 13.0 Å². The molecular weight excluding hydrogens is 336 g/mol. The van der Waals surface area contributed by atoms with Gasteiger partial charge >= 0.3 is 0 Å². The van der Waals surface area contributed by atoms with Gasteiger partial charge in [-0.3, -0.25) is 4.79 Å². The maximum atomic E-state index is 13.9. The maximum Gasteiger partial charge on any atom is 0.227 e. The van der Waals surface area contributed by atoms with E-state index in [4.69, 9.17) is 5.73 Å². The van der Waals surface area contributed by atoms with E-state index in [0.29, 0.717) is 26.2 Å². The second-order valence-corrected chi connectivity index (χ2v) is 6.63. The standard InChI is InChI=1S/C20H23F2N3O/c1-14(19(23)15-5-3-2-4-6-15)20(26)25-11-9-24(10-12-25)18-13-16(21)7-8-17(18)22/h2-8,13-14,19H,9-12,23H2,1H3. The molecular formula is C20H23F2N3O. The lowest BCUT2D eigenvalue weighted by molar-refractivity contribution is -0.136. The first-order chi connectivity index (χ1) is 12.5. The zero-order valence-corrected chi connectivity index (χ0v) is 14.7. The Morgan fingerprint density at radius 3 is 2.35 bits per heavy atom. The van der Waals surface area contributed by atoms with Crippen LogP contribution in [-0.2, 0) is 4.79 Å². The fourth-order valence-corrected chi connectivity index (χ4v) is 3.30. The van der Waals surface area contributed by atoms with Crippen molar-refractivity contribution in [3.8, 4) is 0 Å². The van der Waals surface area contributed by atoms with Gasteiger partial charge in [0, 0.05) is 38.3 Å². The minimum absolute atomic E-state index is 0.0132. The van der Waals surface area contributed by atoms with E-state index in [-0.39, 0.29) is 23.6 Å². The van der Waals surface area contributed by atoms with Crippen molar-refractivity contribution in [1.82, 2.24) is 4.90 Å². The van der Waals surface area contributed by atoms with Gasteiger partial charge in [-0.15, -0.1) is 0 Å². The number of rotatable bonds is 4. The molecule has 0 aromatic heterocycles. The van der Waals surface area contributed by atoms with Crippen molar-refractivity contribution in [3.63, 3.8) is 0 Å². The summed E-state index contributed by atoms with van der Waals surface area (Å²) in [5.74, 6) is -1.29. The Bertz CT molecular complexity index is 761. The molecule has 2 unspecified atom stereocenters. The van der Waals surface area contributed by atoms with Crippen molar-refractivity contribution in [2.75, 3.05) is 31.1 Å². The number of anilines is 1. The maximum absolute atomic E-state index is 13.9. The highest BCUT2D eigenvalue weighted by Gasteiger charge is 2.29. The van der Waals surface area contributed by atoms with Gasteiger partial charge < -0.3 is 15.5 Å². The van der Waals surface area contributed by atoms with Crippen LogP contribution in [0.3, 0.4) is 0 Å². The van der Waals surface area contributed by atoms with E-state index < -0.39 is 11.6 Å². The van der Waals surface area contributed by atoms with E-state index in [1.54, 1.807) is 9.80 Å². The average Bonchev–Trinajstić information content (AvgIpc) is 2.69. The summed E-state index contributed by atoms with van der Waals surface area (Å²) < 4.78 is 27.3. The number of piperazine rings is 1. The summed E-state index contributed by atoms with van der Waals surface area (Å²) in [5, 5.41) is 0. The third-order valence-electron chi connectivity index (χ3n) is 4.95. The highest BCUT2D eigenvalue weighted by molar-refractivity contribution is 5.79. The highest BCUT2D eigenvalue weighted by Crippen LogP contribution is 2.24. The van der Waals surface area contributed by atoms with Crippen LogP contribution in [0.25, 0.3) is 0 Å². The minimum atomic E-state index is -0.470. The molecule has 2 atom stereocenters. The van der Waals surface area contributed by atoms with Gasteiger partial charge in [-0.05, 0) is 17.7 Å². The van der Waals surface area contributed by atoms with E-state index in [1.165, 1.54) is 6.07 Å². The molecule has 2 N–H and O–H groups in total. The Hall–Kier alpha value is -2.47. The number of nitrogens with zero attached hydrogens (tertiary/aromatic N) is 2. The molecule has 3 rings (SSSR count). The molecule has 6 heteroatoms. The fourth-order valence-electron chi connectivity index (χ4n) is 3.30. The van der Waals surface area contributed by atoms with Crippen LogP contribution in [0.15, 0.2) is 48.5 Å². The van der Waals surface area contributed by atoms with Crippen LogP contribution >= 0.6 is 0 Å². The third-order valence-corrected chi connectivity index (χ3v) is 4.95. The number of carbonyl (C=O) groups excluding carboxylic acids is 1. The summed E-state index contributed by atoms with van der Waals surface area (Å²) in [4.78, 5) is 16.3. The van der Waals surface area contributed by atoms with Gasteiger partial charge in [-0.2, -0.15) is 0 Å². The van der Waals surface area contributed by atoms with Crippen LogP contribution in [0.4, 0.5) is 14.5 Å². The molecule has 0 bridgehead atoms. The normalized spacial score (nSPS) is 17.1. The van der Waals surface area contributed by atoms with Crippen LogP contribution in [0.5, 0.6) is 0 Å². The fraction of sp³-hybridized carbons (Fsp3) is 0.350. The average molecular weight is 359 g/mol. The summed E-state index contributed by atoms with van der Waals surface area (Å²) >= 11 is 0. The molecule has 1 aliphatic rings. The lowest BCUT2D eigenvalue weighted by Crippen LogP contribution is -2.51. The van der Waals surface area contributed by atoms with Crippen LogP contribution in [0.2, 0.25) is 0 Å². The second kappa shape index (κ2) is 7.83. The number of hydrogen-bond acceptors (Lipinski definition) is 3. The number of amides is 1. The molecule has 1 fully saturated rings. The Morgan fingerprint density at radius 1 is 1.04 bits per heavy atom. The molecule has 0 aliphatic carbocycles. The van der Waals surface area contributed by atoms with Crippen molar-refractivity contribution in [3.05, 3.63) is 65.7 Å². The number of halogens is 2. The lowest BCUT2D eigenvalue weighted by atomic mass is 9.94. The number of hydrogen-bond donors (Lipinski definition) is 1.